The van der Waals surface area contributed by atoms with Crippen molar-refractivity contribution in [3.05, 3.63) is 60.2 Å². The number of benzene rings is 2. The van der Waals surface area contributed by atoms with Crippen LogP contribution in [0.1, 0.15) is 25.8 Å². The van der Waals surface area contributed by atoms with E-state index in [-0.39, 0.29) is 11.2 Å². The fourth-order valence-corrected chi connectivity index (χ4v) is 3.41. The molecular weight excluding hydrogens is 344 g/mol. The maximum Gasteiger partial charge on any atom is 0.239 e. The summed E-state index contributed by atoms with van der Waals surface area (Å²) < 4.78 is 5.46. The Morgan fingerprint density at radius 3 is 2.50 bits per heavy atom. The summed E-state index contributed by atoms with van der Waals surface area (Å²) >= 11 is 1.61. The molecule has 0 radical (unpaired) electrons. The van der Waals surface area contributed by atoms with Crippen molar-refractivity contribution in [1.82, 2.24) is 0 Å². The molecule has 0 bridgehead atoms. The Balaban J connectivity index is 2.06. The monoisotopic (exact) mass is 368 g/mol. The van der Waals surface area contributed by atoms with Crippen LogP contribution in [0.3, 0.4) is 0 Å². The highest BCUT2D eigenvalue weighted by Crippen LogP contribution is 2.24. The summed E-state index contributed by atoms with van der Waals surface area (Å²) in [5.74, 6) is 1.57. The van der Waals surface area contributed by atoms with Crippen molar-refractivity contribution in [2.24, 2.45) is 0 Å². The van der Waals surface area contributed by atoms with Crippen LogP contribution in [0.2, 0.25) is 0 Å². The topological polar surface area (TPSA) is 53.3 Å². The van der Waals surface area contributed by atoms with Crippen molar-refractivity contribution in [3.8, 4) is 11.8 Å². The average Bonchev–Trinajstić information content (AvgIpc) is 2.68. The molecule has 0 aromatic heterocycles. The largest absolute Gasteiger partial charge is 0.494 e. The molecule has 2 aromatic rings. The molecule has 0 N–H and O–H groups in total. The quantitative estimate of drug-likeness (QED) is 0.646. The lowest BCUT2D eigenvalue weighted by Gasteiger charge is -2.25. The number of nitrogens with zero attached hydrogens (tertiary/aromatic N) is 2. The van der Waals surface area contributed by atoms with Gasteiger partial charge in [0.25, 0.3) is 0 Å². The summed E-state index contributed by atoms with van der Waals surface area (Å²) in [7, 11) is 0. The van der Waals surface area contributed by atoms with Gasteiger partial charge >= 0.3 is 0 Å². The fraction of sp³-hybridized carbons (Fsp3) is 0.333. The second-order valence-electron chi connectivity index (χ2n) is 5.76. The lowest BCUT2D eigenvalue weighted by Crippen LogP contribution is -2.37. The molecule has 2 aromatic carbocycles. The Hall–Kier alpha value is -2.45. The van der Waals surface area contributed by atoms with Crippen molar-refractivity contribution in [2.75, 3.05) is 18.1 Å². The number of carbonyl (C=O) groups excluding carboxylic acids is 1. The third kappa shape index (κ3) is 5.82. The van der Waals surface area contributed by atoms with Gasteiger partial charge in [-0.3, -0.25) is 4.79 Å². The number of anilines is 1. The molecule has 0 fully saturated rings. The molecule has 5 heteroatoms. The van der Waals surface area contributed by atoms with Crippen LogP contribution in [-0.2, 0) is 10.5 Å². The van der Waals surface area contributed by atoms with Gasteiger partial charge in [0.1, 0.15) is 5.75 Å². The van der Waals surface area contributed by atoms with E-state index in [2.05, 4.69) is 18.2 Å². The van der Waals surface area contributed by atoms with E-state index in [1.807, 2.05) is 56.3 Å². The molecule has 0 spiro atoms. The molecule has 136 valence electrons. The fourth-order valence-electron chi connectivity index (χ4n) is 2.50. The van der Waals surface area contributed by atoms with Gasteiger partial charge in [0, 0.05) is 18.0 Å². The summed E-state index contributed by atoms with van der Waals surface area (Å²) in [6.07, 6.45) is 0.301. The summed E-state index contributed by atoms with van der Waals surface area (Å²) in [5.41, 5.74) is 1.99. The standard InChI is InChI=1S/C21H24N2O2S/c1-3-25-20-12-10-19(11-13-20)23(15-7-14-22)21(24)17(2)26-16-18-8-5-4-6-9-18/h4-6,8-13,17H,3,7,15-16H2,1-2H3. The molecule has 0 saturated carbocycles. The van der Waals surface area contributed by atoms with Crippen LogP contribution in [0.4, 0.5) is 5.69 Å². The Morgan fingerprint density at radius 1 is 1.19 bits per heavy atom. The Bertz CT molecular complexity index is 726. The molecule has 4 nitrogen and oxygen atoms in total. The van der Waals surface area contributed by atoms with E-state index in [1.54, 1.807) is 16.7 Å². The number of nitriles is 1. The van der Waals surface area contributed by atoms with E-state index in [9.17, 15) is 4.79 Å². The van der Waals surface area contributed by atoms with E-state index in [0.717, 1.165) is 17.2 Å². The number of ether oxygens (including phenoxy) is 1. The Labute approximate surface area is 159 Å². The van der Waals surface area contributed by atoms with Crippen molar-refractivity contribution in [1.29, 1.82) is 5.26 Å². The van der Waals surface area contributed by atoms with E-state index >= 15 is 0 Å². The van der Waals surface area contributed by atoms with E-state index in [1.165, 1.54) is 5.56 Å². The molecular formula is C21H24N2O2S. The zero-order valence-corrected chi connectivity index (χ0v) is 16.0. The zero-order valence-electron chi connectivity index (χ0n) is 15.2. The first-order chi connectivity index (χ1) is 12.7. The highest BCUT2D eigenvalue weighted by molar-refractivity contribution is 7.99. The third-order valence-electron chi connectivity index (χ3n) is 3.86. The van der Waals surface area contributed by atoms with Crippen LogP contribution < -0.4 is 9.64 Å². The van der Waals surface area contributed by atoms with Crippen LogP contribution in [0.15, 0.2) is 54.6 Å². The second kappa shape index (κ2) is 10.5. The summed E-state index contributed by atoms with van der Waals surface area (Å²) in [4.78, 5) is 14.6. The number of hydrogen-bond acceptors (Lipinski definition) is 4. The van der Waals surface area contributed by atoms with E-state index in [4.69, 9.17) is 10.00 Å². The predicted octanol–water partition coefficient (Wildman–Crippen LogP) is 4.65. The SMILES string of the molecule is CCOc1ccc(N(CCC#N)C(=O)C(C)SCc2ccccc2)cc1. The molecule has 0 aliphatic rings. The third-order valence-corrected chi connectivity index (χ3v) is 5.06. The van der Waals surface area contributed by atoms with Crippen LogP contribution in [-0.4, -0.2) is 24.3 Å². The van der Waals surface area contributed by atoms with Crippen LogP contribution in [0.5, 0.6) is 5.75 Å². The summed E-state index contributed by atoms with van der Waals surface area (Å²) in [6, 6.07) is 19.7. The molecule has 1 unspecified atom stereocenters. The van der Waals surface area contributed by atoms with Gasteiger partial charge in [-0.2, -0.15) is 5.26 Å². The Morgan fingerprint density at radius 2 is 1.88 bits per heavy atom. The van der Waals surface area contributed by atoms with Gasteiger partial charge < -0.3 is 9.64 Å². The van der Waals surface area contributed by atoms with Crippen LogP contribution >= 0.6 is 11.8 Å². The van der Waals surface area contributed by atoms with Gasteiger partial charge in [-0.25, -0.2) is 0 Å². The summed E-state index contributed by atoms with van der Waals surface area (Å²) in [6.45, 7) is 4.84. The maximum atomic E-state index is 12.9. The first-order valence-electron chi connectivity index (χ1n) is 8.72. The minimum atomic E-state index is -0.194. The molecule has 0 heterocycles. The van der Waals surface area contributed by atoms with E-state index < -0.39 is 0 Å². The lowest BCUT2D eigenvalue weighted by atomic mass is 10.2. The number of carbonyl (C=O) groups is 1. The number of rotatable bonds is 9. The van der Waals surface area contributed by atoms with Gasteiger partial charge in [0.05, 0.1) is 24.3 Å². The number of amides is 1. The Kier molecular flexibility index (Phi) is 8.04. The van der Waals surface area contributed by atoms with Gasteiger partial charge in [-0.05, 0) is 43.7 Å². The maximum absolute atomic E-state index is 12.9. The first-order valence-corrected chi connectivity index (χ1v) is 9.77. The lowest BCUT2D eigenvalue weighted by molar-refractivity contribution is -0.117. The number of thioether (sulfide) groups is 1. The van der Waals surface area contributed by atoms with Crippen molar-refractivity contribution in [2.45, 2.75) is 31.3 Å². The molecule has 2 rings (SSSR count). The van der Waals surface area contributed by atoms with Crippen molar-refractivity contribution in [3.63, 3.8) is 0 Å². The van der Waals surface area contributed by atoms with Crippen LogP contribution in [0.25, 0.3) is 0 Å². The van der Waals surface area contributed by atoms with Crippen LogP contribution in [0, 0.1) is 11.3 Å². The van der Waals surface area contributed by atoms with Crippen molar-refractivity contribution < 1.29 is 9.53 Å². The average molecular weight is 369 g/mol. The van der Waals surface area contributed by atoms with Gasteiger partial charge in [-0.1, -0.05) is 30.3 Å². The second-order valence-corrected chi connectivity index (χ2v) is 7.09. The van der Waals surface area contributed by atoms with Gasteiger partial charge in [0.15, 0.2) is 0 Å². The molecule has 1 atom stereocenters. The highest BCUT2D eigenvalue weighted by atomic mass is 32.2. The van der Waals surface area contributed by atoms with E-state index in [0.29, 0.717) is 19.6 Å². The normalized spacial score (nSPS) is 11.4. The van der Waals surface area contributed by atoms with Crippen molar-refractivity contribution >= 4 is 23.4 Å². The minimum absolute atomic E-state index is 0.0188. The van der Waals surface area contributed by atoms with Gasteiger partial charge in [0.2, 0.25) is 5.91 Å². The molecule has 0 aliphatic carbocycles. The summed E-state index contributed by atoms with van der Waals surface area (Å²) in [5, 5.41) is 8.74. The molecule has 26 heavy (non-hydrogen) atoms. The van der Waals surface area contributed by atoms with Gasteiger partial charge in [-0.15, -0.1) is 11.8 Å². The highest BCUT2D eigenvalue weighted by Gasteiger charge is 2.22. The zero-order chi connectivity index (χ0) is 18.8. The molecule has 0 saturated heterocycles. The smallest absolute Gasteiger partial charge is 0.239 e. The first kappa shape index (κ1) is 19.9. The molecule has 0 aliphatic heterocycles. The molecule has 1 amide bonds. The predicted molar refractivity (Wildman–Crippen MR) is 107 cm³/mol. The minimum Gasteiger partial charge on any atom is -0.494 e. The number of hydrogen-bond donors (Lipinski definition) is 0.